The minimum Gasteiger partial charge on any atom is -0.373 e. The van der Waals surface area contributed by atoms with E-state index in [4.69, 9.17) is 9.05 Å². The summed E-state index contributed by atoms with van der Waals surface area (Å²) in [6.07, 6.45) is 0. The van der Waals surface area contributed by atoms with Crippen molar-refractivity contribution in [1.29, 1.82) is 0 Å². The van der Waals surface area contributed by atoms with E-state index in [1.165, 1.54) is 0 Å². The molecule has 0 aromatic carbocycles. The van der Waals surface area contributed by atoms with Gasteiger partial charge in [0.25, 0.3) is 0 Å². The average molecular weight is 246 g/mol. The third-order valence-electron chi connectivity index (χ3n) is 0.854. The number of hydrogen-bond donors (Lipinski definition) is 2. The predicted octanol–water partition coefficient (Wildman–Crippen LogP) is 1.16. The monoisotopic (exact) mass is 246 g/mol. The molecule has 0 saturated heterocycles. The zero-order chi connectivity index (χ0) is 10.2. The third-order valence-corrected chi connectivity index (χ3v) is 2.56. The maximum absolute atomic E-state index is 11.4. The van der Waals surface area contributed by atoms with Crippen LogP contribution in [-0.2, 0) is 22.9 Å². The van der Waals surface area contributed by atoms with Gasteiger partial charge >= 0.3 is 14.3 Å². The topological polar surface area (TPSA) is 61.8 Å². The number of phosphoric ester groups is 1. The molecule has 8 heteroatoms. The first kappa shape index (κ1) is 13.3. The van der Waals surface area contributed by atoms with Gasteiger partial charge in [-0.1, -0.05) is 0 Å². The molecule has 13 heavy (non-hydrogen) atoms. The van der Waals surface area contributed by atoms with Gasteiger partial charge in [-0.25, -0.2) is 4.57 Å². The summed E-state index contributed by atoms with van der Waals surface area (Å²) >= 11 is 7.66. The van der Waals surface area contributed by atoms with Gasteiger partial charge < -0.3 is 4.52 Å². The molecule has 0 aliphatic rings. The van der Waals surface area contributed by atoms with Crippen molar-refractivity contribution in [2.75, 3.05) is 24.7 Å². The summed E-state index contributed by atoms with van der Waals surface area (Å²) in [5.41, 5.74) is 0. The van der Waals surface area contributed by atoms with E-state index in [9.17, 15) is 9.36 Å². The van der Waals surface area contributed by atoms with Gasteiger partial charge in [0.15, 0.2) is 0 Å². The molecule has 0 radical (unpaired) electrons. The van der Waals surface area contributed by atoms with E-state index in [0.29, 0.717) is 11.5 Å². The number of carbonyl (C=O) groups is 1. The van der Waals surface area contributed by atoms with Crippen LogP contribution in [0.5, 0.6) is 0 Å². The first-order valence-electron chi connectivity index (χ1n) is 3.41. The Morgan fingerprint density at radius 1 is 1.15 bits per heavy atom. The van der Waals surface area contributed by atoms with Crippen LogP contribution < -0.4 is 0 Å². The Hall–Kier alpha value is 0.320. The van der Waals surface area contributed by atoms with Crippen molar-refractivity contribution < 1.29 is 22.9 Å². The van der Waals surface area contributed by atoms with Crippen LogP contribution in [0.1, 0.15) is 0 Å². The quantitative estimate of drug-likeness (QED) is 0.382. The molecule has 0 aromatic heterocycles. The fourth-order valence-electron chi connectivity index (χ4n) is 0.456. The highest BCUT2D eigenvalue weighted by atomic mass is 32.1. The summed E-state index contributed by atoms with van der Waals surface area (Å²) < 4.78 is 24.9. The molecule has 0 bridgehead atoms. The minimum atomic E-state index is -3.72. The van der Waals surface area contributed by atoms with Crippen molar-refractivity contribution in [3.05, 3.63) is 0 Å². The second kappa shape index (κ2) is 7.70. The van der Waals surface area contributed by atoms with Gasteiger partial charge in [-0.05, 0) is 0 Å². The van der Waals surface area contributed by atoms with E-state index in [1.807, 2.05) is 0 Å². The summed E-state index contributed by atoms with van der Waals surface area (Å²) in [6, 6.07) is 0. The van der Waals surface area contributed by atoms with E-state index < -0.39 is 7.82 Å². The molecule has 0 saturated carbocycles. The Bertz CT molecular complexity index is 176. The Labute approximate surface area is 87.6 Å². The SMILES string of the molecule is O=COP(=O)(OCCS)OCCS. The van der Waals surface area contributed by atoms with Gasteiger partial charge in [-0.3, -0.25) is 13.8 Å². The maximum atomic E-state index is 11.4. The molecule has 0 amide bonds. The predicted molar refractivity (Wildman–Crippen MR) is 54.4 cm³/mol. The lowest BCUT2D eigenvalue weighted by atomic mass is 10.9. The van der Waals surface area contributed by atoms with E-state index in [0.717, 1.165) is 0 Å². The average Bonchev–Trinajstić information content (AvgIpc) is 2.12. The molecule has 0 spiro atoms. The van der Waals surface area contributed by atoms with Gasteiger partial charge in [0.05, 0.1) is 13.2 Å². The molecule has 0 atom stereocenters. The summed E-state index contributed by atoms with van der Waals surface area (Å²) in [4.78, 5) is 9.95. The van der Waals surface area contributed by atoms with Crippen LogP contribution in [0.15, 0.2) is 0 Å². The van der Waals surface area contributed by atoms with E-state index in [1.54, 1.807) is 0 Å². The Kier molecular flexibility index (Phi) is 7.89. The van der Waals surface area contributed by atoms with E-state index in [2.05, 4.69) is 29.8 Å². The summed E-state index contributed by atoms with van der Waals surface area (Å²) in [5, 5.41) is 0. The smallest absolute Gasteiger partial charge is 0.373 e. The normalized spacial score (nSPS) is 11.2. The number of thiol groups is 2. The zero-order valence-corrected chi connectivity index (χ0v) is 9.47. The fourth-order valence-corrected chi connectivity index (χ4v) is 1.86. The molecule has 5 nitrogen and oxygen atoms in total. The van der Waals surface area contributed by atoms with Crippen molar-refractivity contribution in [1.82, 2.24) is 0 Å². The van der Waals surface area contributed by atoms with Crippen LogP contribution in [-0.4, -0.2) is 31.2 Å². The van der Waals surface area contributed by atoms with Crippen LogP contribution >= 0.6 is 33.1 Å². The molecular formula is C5H11O5PS2. The second-order valence-corrected chi connectivity index (χ2v) is 4.28. The molecule has 0 rings (SSSR count). The van der Waals surface area contributed by atoms with Crippen LogP contribution in [0.25, 0.3) is 0 Å². The number of phosphoric acid groups is 1. The van der Waals surface area contributed by atoms with Gasteiger partial charge in [0, 0.05) is 11.5 Å². The number of hydrogen-bond acceptors (Lipinski definition) is 7. The molecule has 0 unspecified atom stereocenters. The number of rotatable bonds is 8. The van der Waals surface area contributed by atoms with Crippen molar-refractivity contribution >= 4 is 39.6 Å². The van der Waals surface area contributed by atoms with Crippen LogP contribution in [0, 0.1) is 0 Å². The first-order valence-corrected chi connectivity index (χ1v) is 6.14. The lowest BCUT2D eigenvalue weighted by molar-refractivity contribution is -0.122. The molecular weight excluding hydrogens is 235 g/mol. The summed E-state index contributed by atoms with van der Waals surface area (Å²) in [6.45, 7) is 0.194. The zero-order valence-electron chi connectivity index (χ0n) is 6.79. The Morgan fingerprint density at radius 3 is 1.92 bits per heavy atom. The molecule has 0 heterocycles. The molecule has 78 valence electrons. The Balaban J connectivity index is 3.99. The standard InChI is InChI=1S/C5H11O5PS2/c6-5-10-11(7,8-1-3-12)9-2-4-13/h5,12-13H,1-4H2. The first-order chi connectivity index (χ1) is 6.18. The van der Waals surface area contributed by atoms with Crippen LogP contribution in [0.3, 0.4) is 0 Å². The largest absolute Gasteiger partial charge is 0.532 e. The minimum absolute atomic E-state index is 0.0256. The van der Waals surface area contributed by atoms with Crippen LogP contribution in [0.4, 0.5) is 0 Å². The summed E-state index contributed by atoms with van der Waals surface area (Å²) in [5.74, 6) is 0.715. The van der Waals surface area contributed by atoms with E-state index >= 15 is 0 Å². The molecule has 0 aliphatic heterocycles. The van der Waals surface area contributed by atoms with E-state index in [-0.39, 0.29) is 19.7 Å². The second-order valence-electron chi connectivity index (χ2n) is 1.76. The molecule has 0 aliphatic carbocycles. The summed E-state index contributed by atoms with van der Waals surface area (Å²) in [7, 11) is -3.72. The van der Waals surface area contributed by atoms with Gasteiger partial charge in [-0.2, -0.15) is 25.3 Å². The lowest BCUT2D eigenvalue weighted by Gasteiger charge is -2.13. The molecule has 0 aromatic rings. The van der Waals surface area contributed by atoms with Crippen LogP contribution in [0.2, 0.25) is 0 Å². The maximum Gasteiger partial charge on any atom is 0.532 e. The fraction of sp³-hybridized carbons (Fsp3) is 0.800. The molecule has 0 N–H and O–H groups in total. The highest BCUT2D eigenvalue weighted by Crippen LogP contribution is 2.48. The Morgan fingerprint density at radius 2 is 1.62 bits per heavy atom. The molecule has 0 fully saturated rings. The van der Waals surface area contributed by atoms with Gasteiger partial charge in [-0.15, -0.1) is 0 Å². The van der Waals surface area contributed by atoms with Gasteiger partial charge in [0.1, 0.15) is 0 Å². The van der Waals surface area contributed by atoms with Crippen molar-refractivity contribution in [3.8, 4) is 0 Å². The lowest BCUT2D eigenvalue weighted by Crippen LogP contribution is -2.03. The third kappa shape index (κ3) is 6.40. The highest BCUT2D eigenvalue weighted by Gasteiger charge is 2.26. The van der Waals surface area contributed by atoms with Crippen molar-refractivity contribution in [2.45, 2.75) is 0 Å². The number of carbonyl (C=O) groups excluding carboxylic acids is 1. The van der Waals surface area contributed by atoms with Crippen molar-refractivity contribution in [3.63, 3.8) is 0 Å². The van der Waals surface area contributed by atoms with Gasteiger partial charge in [0.2, 0.25) is 0 Å². The van der Waals surface area contributed by atoms with Crippen molar-refractivity contribution in [2.24, 2.45) is 0 Å². The highest BCUT2D eigenvalue weighted by molar-refractivity contribution is 7.80.